The number of carbonyl (C=O) groups is 1. The number of pyridine rings is 1. The number of nitrogens with zero attached hydrogens (tertiary/aromatic N) is 2. The first-order valence-electron chi connectivity index (χ1n) is 11.5. The fourth-order valence-electron chi connectivity index (χ4n) is 4.49. The van der Waals surface area contributed by atoms with Crippen molar-refractivity contribution in [3.8, 4) is 5.75 Å². The Bertz CT molecular complexity index is 917. The number of piperidine rings is 1. The first-order valence-corrected chi connectivity index (χ1v) is 11.5. The number of hydrogen-bond acceptors (Lipinski definition) is 3. The number of benzene rings is 1. The molecule has 1 aromatic carbocycles. The van der Waals surface area contributed by atoms with Crippen molar-refractivity contribution in [3.63, 3.8) is 0 Å². The van der Waals surface area contributed by atoms with Gasteiger partial charge in [0.15, 0.2) is 0 Å². The number of hydrogen-bond donors (Lipinski definition) is 1. The second-order valence-corrected chi connectivity index (χ2v) is 8.97. The summed E-state index contributed by atoms with van der Waals surface area (Å²) in [6.45, 7) is 6.40. The number of ether oxygens (including phenoxy) is 1. The molecule has 0 radical (unpaired) electrons. The van der Waals surface area contributed by atoms with Crippen LogP contribution in [0.1, 0.15) is 50.3 Å². The van der Waals surface area contributed by atoms with Crippen LogP contribution in [0.2, 0.25) is 0 Å². The molecule has 5 nitrogen and oxygen atoms in total. The Labute approximate surface area is 185 Å². The van der Waals surface area contributed by atoms with Crippen LogP contribution in [-0.2, 0) is 0 Å². The monoisotopic (exact) mass is 419 g/mol. The highest BCUT2D eigenvalue weighted by molar-refractivity contribution is 5.89. The summed E-state index contributed by atoms with van der Waals surface area (Å²) in [5.41, 5.74) is 4.23. The normalized spacial score (nSPS) is 20.8. The fraction of sp³-hybridized carbons (Fsp3) is 0.462. The standard InChI is InChI=1S/C26H33N3O2/c1-19-17-29(26(30)28-24-11-10-20(2)27-16-24)13-12-23(19)14-22-8-5-9-25(15-22)31-18-21-6-3-4-7-21/h5,8-11,14-16,19,21H,3-4,6-7,12-13,17-18H2,1-2H3,(H,28,30). The Morgan fingerprint density at radius 2 is 2.10 bits per heavy atom. The Hall–Kier alpha value is -2.82. The van der Waals surface area contributed by atoms with Crippen LogP contribution in [0.5, 0.6) is 5.75 Å². The summed E-state index contributed by atoms with van der Waals surface area (Å²) < 4.78 is 6.06. The highest BCUT2D eigenvalue weighted by atomic mass is 16.5. The second kappa shape index (κ2) is 9.99. The molecule has 2 heterocycles. The maximum atomic E-state index is 12.6. The lowest BCUT2D eigenvalue weighted by atomic mass is 9.91. The average Bonchev–Trinajstić information content (AvgIpc) is 3.29. The molecule has 31 heavy (non-hydrogen) atoms. The lowest BCUT2D eigenvalue weighted by molar-refractivity contribution is 0.198. The van der Waals surface area contributed by atoms with E-state index in [0.29, 0.717) is 11.8 Å². The van der Waals surface area contributed by atoms with Crippen molar-refractivity contribution < 1.29 is 9.53 Å². The number of urea groups is 1. The molecular weight excluding hydrogens is 386 g/mol. The molecule has 1 saturated carbocycles. The van der Waals surface area contributed by atoms with Crippen molar-refractivity contribution in [1.82, 2.24) is 9.88 Å². The van der Waals surface area contributed by atoms with E-state index >= 15 is 0 Å². The van der Waals surface area contributed by atoms with Crippen LogP contribution in [0.4, 0.5) is 10.5 Å². The molecule has 0 bridgehead atoms. The van der Waals surface area contributed by atoms with E-state index in [2.05, 4.69) is 41.5 Å². The number of amides is 2. The molecule has 4 rings (SSSR count). The molecular formula is C26H33N3O2. The van der Waals surface area contributed by atoms with E-state index < -0.39 is 0 Å². The van der Waals surface area contributed by atoms with Crippen LogP contribution >= 0.6 is 0 Å². The Morgan fingerprint density at radius 3 is 2.84 bits per heavy atom. The number of rotatable bonds is 5. The van der Waals surface area contributed by atoms with E-state index in [4.69, 9.17) is 4.74 Å². The van der Waals surface area contributed by atoms with Gasteiger partial charge >= 0.3 is 6.03 Å². The SMILES string of the molecule is Cc1ccc(NC(=O)N2CCC(=Cc3cccc(OCC4CCCC4)c3)C(C)C2)cn1. The lowest BCUT2D eigenvalue weighted by Gasteiger charge is -2.33. The second-order valence-electron chi connectivity index (χ2n) is 8.97. The van der Waals surface area contributed by atoms with Gasteiger partial charge in [-0.3, -0.25) is 4.98 Å². The van der Waals surface area contributed by atoms with E-state index in [0.717, 1.165) is 43.2 Å². The summed E-state index contributed by atoms with van der Waals surface area (Å²) in [5, 5.41) is 2.96. The first kappa shape index (κ1) is 21.4. The molecule has 1 atom stereocenters. The smallest absolute Gasteiger partial charge is 0.321 e. The van der Waals surface area contributed by atoms with Gasteiger partial charge < -0.3 is 15.0 Å². The van der Waals surface area contributed by atoms with Crippen LogP contribution in [0.25, 0.3) is 6.08 Å². The van der Waals surface area contributed by atoms with Gasteiger partial charge in [-0.2, -0.15) is 0 Å². The molecule has 0 spiro atoms. The third-order valence-corrected chi connectivity index (χ3v) is 6.42. The predicted octanol–water partition coefficient (Wildman–Crippen LogP) is 5.92. The number of carbonyl (C=O) groups excluding carboxylic acids is 1. The van der Waals surface area contributed by atoms with Gasteiger partial charge in [-0.15, -0.1) is 0 Å². The third-order valence-electron chi connectivity index (χ3n) is 6.42. The molecule has 1 aliphatic carbocycles. The van der Waals surface area contributed by atoms with Crippen LogP contribution in [0.3, 0.4) is 0 Å². The highest BCUT2D eigenvalue weighted by Crippen LogP contribution is 2.28. The summed E-state index contributed by atoms with van der Waals surface area (Å²) in [6, 6.07) is 12.1. The van der Waals surface area contributed by atoms with Gasteiger partial charge in [0.1, 0.15) is 5.75 Å². The minimum absolute atomic E-state index is 0.0566. The molecule has 1 unspecified atom stereocenters. The van der Waals surface area contributed by atoms with E-state index in [9.17, 15) is 4.79 Å². The van der Waals surface area contributed by atoms with E-state index in [1.54, 1.807) is 6.20 Å². The van der Waals surface area contributed by atoms with Crippen molar-refractivity contribution in [2.24, 2.45) is 11.8 Å². The Kier molecular flexibility index (Phi) is 6.90. The van der Waals surface area contributed by atoms with Crippen molar-refractivity contribution in [1.29, 1.82) is 0 Å². The molecule has 164 valence electrons. The average molecular weight is 420 g/mol. The number of likely N-dealkylation sites (tertiary alicyclic amines) is 1. The quantitative estimate of drug-likeness (QED) is 0.655. The lowest BCUT2D eigenvalue weighted by Crippen LogP contribution is -2.42. The number of aryl methyl sites for hydroxylation is 1. The zero-order valence-corrected chi connectivity index (χ0v) is 18.6. The number of anilines is 1. The van der Waals surface area contributed by atoms with Crippen molar-refractivity contribution >= 4 is 17.8 Å². The minimum atomic E-state index is -0.0566. The number of nitrogens with one attached hydrogen (secondary N) is 1. The van der Waals surface area contributed by atoms with Crippen molar-refractivity contribution in [2.75, 3.05) is 25.0 Å². The minimum Gasteiger partial charge on any atom is -0.493 e. The predicted molar refractivity (Wildman–Crippen MR) is 125 cm³/mol. The fourth-order valence-corrected chi connectivity index (χ4v) is 4.49. The molecule has 2 aromatic rings. The number of aromatic nitrogens is 1. The topological polar surface area (TPSA) is 54.5 Å². The molecule has 1 aromatic heterocycles. The van der Waals surface area contributed by atoms with E-state index in [1.165, 1.54) is 36.8 Å². The van der Waals surface area contributed by atoms with Gasteiger partial charge in [0.05, 0.1) is 18.5 Å². The zero-order chi connectivity index (χ0) is 21.6. The Morgan fingerprint density at radius 1 is 1.26 bits per heavy atom. The van der Waals surface area contributed by atoms with Crippen LogP contribution in [-0.4, -0.2) is 35.6 Å². The van der Waals surface area contributed by atoms with Crippen LogP contribution in [0.15, 0.2) is 48.2 Å². The van der Waals surface area contributed by atoms with E-state index in [-0.39, 0.29) is 6.03 Å². The summed E-state index contributed by atoms with van der Waals surface area (Å²) in [4.78, 5) is 18.8. The summed E-state index contributed by atoms with van der Waals surface area (Å²) in [6.07, 6.45) is 10.1. The molecule has 1 saturated heterocycles. The van der Waals surface area contributed by atoms with Crippen molar-refractivity contribution in [3.05, 3.63) is 59.4 Å². The van der Waals surface area contributed by atoms with Crippen LogP contribution < -0.4 is 10.1 Å². The highest BCUT2D eigenvalue weighted by Gasteiger charge is 2.24. The van der Waals surface area contributed by atoms with Gasteiger partial charge in [0.2, 0.25) is 0 Å². The third kappa shape index (κ3) is 5.87. The maximum Gasteiger partial charge on any atom is 0.321 e. The molecule has 1 N–H and O–H groups in total. The van der Waals surface area contributed by atoms with Crippen LogP contribution in [0, 0.1) is 18.8 Å². The summed E-state index contributed by atoms with van der Waals surface area (Å²) >= 11 is 0. The molecule has 2 aliphatic rings. The van der Waals surface area contributed by atoms with Gasteiger partial charge in [-0.05, 0) is 67.9 Å². The Balaban J connectivity index is 1.33. The van der Waals surface area contributed by atoms with Gasteiger partial charge in [0, 0.05) is 18.8 Å². The molecule has 2 amide bonds. The first-order chi connectivity index (χ1) is 15.1. The molecule has 2 fully saturated rings. The van der Waals surface area contributed by atoms with Crippen molar-refractivity contribution in [2.45, 2.75) is 46.0 Å². The molecule has 5 heteroatoms. The molecule has 1 aliphatic heterocycles. The largest absolute Gasteiger partial charge is 0.493 e. The van der Waals surface area contributed by atoms with Gasteiger partial charge in [-0.25, -0.2) is 4.79 Å². The van der Waals surface area contributed by atoms with Gasteiger partial charge in [-0.1, -0.05) is 43.5 Å². The zero-order valence-electron chi connectivity index (χ0n) is 18.6. The van der Waals surface area contributed by atoms with Gasteiger partial charge in [0.25, 0.3) is 0 Å². The maximum absolute atomic E-state index is 12.6. The summed E-state index contributed by atoms with van der Waals surface area (Å²) in [7, 11) is 0. The summed E-state index contributed by atoms with van der Waals surface area (Å²) in [5.74, 6) is 1.99. The van der Waals surface area contributed by atoms with E-state index in [1.807, 2.05) is 30.0 Å².